The van der Waals surface area contributed by atoms with Gasteiger partial charge in [-0.25, -0.2) is 0 Å². The summed E-state index contributed by atoms with van der Waals surface area (Å²) in [5.41, 5.74) is 2.65. The van der Waals surface area contributed by atoms with Crippen molar-refractivity contribution in [2.45, 2.75) is 13.8 Å². The van der Waals surface area contributed by atoms with Crippen molar-refractivity contribution < 1.29 is 9.59 Å². The molecule has 2 rings (SSSR count). The summed E-state index contributed by atoms with van der Waals surface area (Å²) in [6, 6.07) is 12.0. The summed E-state index contributed by atoms with van der Waals surface area (Å²) < 4.78 is 0. The van der Waals surface area contributed by atoms with Crippen molar-refractivity contribution in [1.29, 1.82) is 0 Å². The Bertz CT molecular complexity index is 681. The molecule has 0 aliphatic heterocycles. The van der Waals surface area contributed by atoms with Gasteiger partial charge in [-0.3, -0.25) is 9.59 Å². The van der Waals surface area contributed by atoms with Gasteiger partial charge in [0.1, 0.15) is 0 Å². The molecule has 0 aromatic heterocycles. The fourth-order valence-electron chi connectivity index (χ4n) is 1.85. The Morgan fingerprint density at radius 3 is 2.29 bits per heavy atom. The summed E-state index contributed by atoms with van der Waals surface area (Å²) in [7, 11) is 0. The molecular weight excluding hydrogens is 288 g/mol. The average molecular weight is 303 g/mol. The molecule has 0 aliphatic carbocycles. The lowest BCUT2D eigenvalue weighted by Gasteiger charge is -2.10. The monoisotopic (exact) mass is 302 g/mol. The SMILES string of the molecule is CC(=O)Nc1ccc(C(=O)Nc2cccc(Cl)c2C)cc1. The van der Waals surface area contributed by atoms with Gasteiger partial charge in [0.2, 0.25) is 5.91 Å². The predicted octanol–water partition coefficient (Wildman–Crippen LogP) is 3.86. The van der Waals surface area contributed by atoms with Crippen molar-refractivity contribution in [1.82, 2.24) is 0 Å². The van der Waals surface area contributed by atoms with Crippen LogP contribution in [0, 0.1) is 6.92 Å². The Morgan fingerprint density at radius 2 is 1.67 bits per heavy atom. The molecule has 0 bridgehead atoms. The van der Waals surface area contributed by atoms with Crippen molar-refractivity contribution in [3.63, 3.8) is 0 Å². The third kappa shape index (κ3) is 3.83. The lowest BCUT2D eigenvalue weighted by molar-refractivity contribution is -0.114. The zero-order chi connectivity index (χ0) is 15.4. The van der Waals surface area contributed by atoms with Crippen molar-refractivity contribution in [2.24, 2.45) is 0 Å². The maximum absolute atomic E-state index is 12.2. The largest absolute Gasteiger partial charge is 0.326 e. The molecule has 0 atom stereocenters. The first-order chi connectivity index (χ1) is 9.97. The Hall–Kier alpha value is -2.33. The van der Waals surface area contributed by atoms with E-state index >= 15 is 0 Å². The number of hydrogen-bond acceptors (Lipinski definition) is 2. The highest BCUT2D eigenvalue weighted by molar-refractivity contribution is 6.31. The van der Waals surface area contributed by atoms with E-state index in [0.717, 1.165) is 5.56 Å². The molecule has 0 fully saturated rings. The molecule has 2 amide bonds. The molecule has 2 N–H and O–H groups in total. The van der Waals surface area contributed by atoms with Crippen LogP contribution in [0.3, 0.4) is 0 Å². The van der Waals surface area contributed by atoms with E-state index in [1.165, 1.54) is 6.92 Å². The van der Waals surface area contributed by atoms with E-state index in [2.05, 4.69) is 10.6 Å². The zero-order valence-corrected chi connectivity index (χ0v) is 12.5. The Kier molecular flexibility index (Phi) is 4.60. The Morgan fingerprint density at radius 1 is 1.00 bits per heavy atom. The molecule has 5 heteroatoms. The first-order valence-electron chi connectivity index (χ1n) is 6.41. The van der Waals surface area contributed by atoms with Crippen LogP contribution in [0.4, 0.5) is 11.4 Å². The van der Waals surface area contributed by atoms with Crippen LogP contribution in [0.15, 0.2) is 42.5 Å². The fourth-order valence-corrected chi connectivity index (χ4v) is 2.02. The molecule has 2 aromatic carbocycles. The second-order valence-corrected chi connectivity index (χ2v) is 5.03. The van der Waals surface area contributed by atoms with Crippen LogP contribution >= 0.6 is 11.6 Å². The highest BCUT2D eigenvalue weighted by atomic mass is 35.5. The van der Waals surface area contributed by atoms with E-state index in [1.807, 2.05) is 6.92 Å². The van der Waals surface area contributed by atoms with E-state index in [0.29, 0.717) is 22.0 Å². The van der Waals surface area contributed by atoms with Crippen LogP contribution in [-0.4, -0.2) is 11.8 Å². The molecule has 0 radical (unpaired) electrons. The predicted molar refractivity (Wildman–Crippen MR) is 84.9 cm³/mol. The van der Waals surface area contributed by atoms with Crippen LogP contribution in [0.5, 0.6) is 0 Å². The van der Waals surface area contributed by atoms with Crippen LogP contribution in [-0.2, 0) is 4.79 Å². The van der Waals surface area contributed by atoms with E-state index in [-0.39, 0.29) is 11.8 Å². The smallest absolute Gasteiger partial charge is 0.255 e. The molecular formula is C16H15ClN2O2. The molecule has 108 valence electrons. The first-order valence-corrected chi connectivity index (χ1v) is 6.79. The molecule has 0 spiro atoms. The summed E-state index contributed by atoms with van der Waals surface area (Å²) in [6.45, 7) is 3.28. The van der Waals surface area contributed by atoms with Crippen molar-refractivity contribution in [3.8, 4) is 0 Å². The highest BCUT2D eigenvalue weighted by Crippen LogP contribution is 2.23. The number of anilines is 2. The minimum absolute atomic E-state index is 0.151. The Balaban J connectivity index is 2.13. The van der Waals surface area contributed by atoms with Gasteiger partial charge in [-0.05, 0) is 48.9 Å². The second-order valence-electron chi connectivity index (χ2n) is 4.63. The number of rotatable bonds is 3. The molecule has 0 aliphatic rings. The van der Waals surface area contributed by atoms with Gasteiger partial charge >= 0.3 is 0 Å². The van der Waals surface area contributed by atoms with E-state index in [9.17, 15) is 9.59 Å². The fraction of sp³-hybridized carbons (Fsp3) is 0.125. The minimum Gasteiger partial charge on any atom is -0.326 e. The van der Waals surface area contributed by atoms with Gasteiger partial charge in [-0.1, -0.05) is 17.7 Å². The highest BCUT2D eigenvalue weighted by Gasteiger charge is 2.09. The number of nitrogens with one attached hydrogen (secondary N) is 2. The van der Waals surface area contributed by atoms with Gasteiger partial charge in [-0.15, -0.1) is 0 Å². The zero-order valence-electron chi connectivity index (χ0n) is 11.7. The van der Waals surface area contributed by atoms with Crippen molar-refractivity contribution in [3.05, 3.63) is 58.6 Å². The van der Waals surface area contributed by atoms with Gasteiger partial charge in [-0.2, -0.15) is 0 Å². The van der Waals surface area contributed by atoms with Gasteiger partial charge in [0.05, 0.1) is 0 Å². The summed E-state index contributed by atoms with van der Waals surface area (Å²) in [4.78, 5) is 23.1. The molecule has 21 heavy (non-hydrogen) atoms. The van der Waals surface area contributed by atoms with Gasteiger partial charge in [0.15, 0.2) is 0 Å². The number of hydrogen-bond donors (Lipinski definition) is 2. The molecule has 0 heterocycles. The average Bonchev–Trinajstić information content (AvgIpc) is 2.44. The number of amides is 2. The lowest BCUT2D eigenvalue weighted by atomic mass is 10.1. The van der Waals surface area contributed by atoms with Crippen molar-refractivity contribution in [2.75, 3.05) is 10.6 Å². The van der Waals surface area contributed by atoms with E-state index < -0.39 is 0 Å². The standard InChI is InChI=1S/C16H15ClN2O2/c1-10-14(17)4-3-5-15(10)19-16(21)12-6-8-13(9-7-12)18-11(2)20/h3-9H,1-2H3,(H,18,20)(H,19,21). The third-order valence-electron chi connectivity index (χ3n) is 2.98. The van der Waals surface area contributed by atoms with Crippen LogP contribution in [0.2, 0.25) is 5.02 Å². The molecule has 0 saturated heterocycles. The summed E-state index contributed by atoms with van der Waals surface area (Å²) in [6.07, 6.45) is 0. The lowest BCUT2D eigenvalue weighted by Crippen LogP contribution is -2.13. The van der Waals surface area contributed by atoms with Gasteiger partial charge in [0, 0.05) is 28.9 Å². The number of halogens is 1. The Labute approximate surface area is 128 Å². The summed E-state index contributed by atoms with van der Waals surface area (Å²) in [5, 5.41) is 6.07. The maximum Gasteiger partial charge on any atom is 0.255 e. The molecule has 0 saturated carbocycles. The third-order valence-corrected chi connectivity index (χ3v) is 3.39. The molecule has 4 nitrogen and oxygen atoms in total. The summed E-state index contributed by atoms with van der Waals surface area (Å²) >= 11 is 6.02. The quantitative estimate of drug-likeness (QED) is 0.904. The normalized spacial score (nSPS) is 10.0. The van der Waals surface area contributed by atoms with E-state index in [4.69, 9.17) is 11.6 Å². The number of carbonyl (C=O) groups excluding carboxylic acids is 2. The second kappa shape index (κ2) is 6.41. The topological polar surface area (TPSA) is 58.2 Å². The van der Waals surface area contributed by atoms with Gasteiger partial charge < -0.3 is 10.6 Å². The summed E-state index contributed by atoms with van der Waals surface area (Å²) in [5.74, 6) is -0.378. The number of benzene rings is 2. The van der Waals surface area contributed by atoms with E-state index in [1.54, 1.807) is 42.5 Å². The molecule has 2 aromatic rings. The first kappa shape index (κ1) is 15.1. The minimum atomic E-state index is -0.227. The van der Waals surface area contributed by atoms with Crippen LogP contribution in [0.25, 0.3) is 0 Å². The maximum atomic E-state index is 12.2. The molecule has 0 unspecified atom stereocenters. The van der Waals surface area contributed by atoms with Gasteiger partial charge in [0.25, 0.3) is 5.91 Å². The number of carbonyl (C=O) groups is 2. The van der Waals surface area contributed by atoms with Crippen LogP contribution < -0.4 is 10.6 Å². The van der Waals surface area contributed by atoms with Crippen LogP contribution in [0.1, 0.15) is 22.8 Å². The van der Waals surface area contributed by atoms with Crippen molar-refractivity contribution >= 4 is 34.8 Å².